The smallest absolute Gasteiger partial charge is 0.101 e. The lowest BCUT2D eigenvalue weighted by Gasteiger charge is -1.99. The number of hydrogen-bond donors (Lipinski definition) is 0. The second-order valence-electron chi connectivity index (χ2n) is 2.08. The second-order valence-corrected chi connectivity index (χ2v) is 2.08. The molecule has 1 aromatic heterocycles. The Labute approximate surface area is 65.3 Å². The number of nitriles is 1. The summed E-state index contributed by atoms with van der Waals surface area (Å²) in [6.07, 6.45) is 3.18. The molecule has 56 valence electrons. The Bertz CT molecular complexity index is 278. The van der Waals surface area contributed by atoms with Gasteiger partial charge in [-0.25, -0.2) is 0 Å². The molecule has 3 heteroatoms. The van der Waals surface area contributed by atoms with Gasteiger partial charge in [0, 0.05) is 19.5 Å². The molecule has 0 aliphatic heterocycles. The van der Waals surface area contributed by atoms with E-state index in [9.17, 15) is 0 Å². The van der Waals surface area contributed by atoms with E-state index in [4.69, 9.17) is 10.00 Å². The van der Waals surface area contributed by atoms with Crippen LogP contribution in [0.4, 0.5) is 0 Å². The third kappa shape index (κ3) is 1.76. The number of aromatic nitrogens is 1. The van der Waals surface area contributed by atoms with Crippen LogP contribution in [0.1, 0.15) is 11.1 Å². The first-order valence-electron chi connectivity index (χ1n) is 3.20. The highest BCUT2D eigenvalue weighted by molar-refractivity contribution is 5.33. The van der Waals surface area contributed by atoms with Crippen LogP contribution in [0.2, 0.25) is 0 Å². The molecular weight excluding hydrogens is 140 g/mol. The summed E-state index contributed by atoms with van der Waals surface area (Å²) in [4.78, 5) is 3.82. The van der Waals surface area contributed by atoms with Gasteiger partial charge in [0.1, 0.15) is 6.07 Å². The lowest BCUT2D eigenvalue weighted by molar-refractivity contribution is 0.184. The molecule has 0 radical (unpaired) electrons. The normalized spacial score (nSPS) is 9.09. The van der Waals surface area contributed by atoms with Crippen molar-refractivity contribution in [1.82, 2.24) is 4.98 Å². The number of pyridine rings is 1. The first-order chi connectivity index (χ1) is 5.38. The van der Waals surface area contributed by atoms with Crippen LogP contribution < -0.4 is 0 Å². The molecule has 0 atom stereocenters. The Morgan fingerprint density at radius 2 is 2.55 bits per heavy atom. The number of hydrogen-bond acceptors (Lipinski definition) is 3. The molecule has 3 nitrogen and oxygen atoms in total. The fraction of sp³-hybridized carbons (Fsp3) is 0.250. The topological polar surface area (TPSA) is 45.9 Å². The van der Waals surface area contributed by atoms with Gasteiger partial charge in [-0.15, -0.1) is 0 Å². The van der Waals surface area contributed by atoms with Gasteiger partial charge < -0.3 is 4.74 Å². The van der Waals surface area contributed by atoms with Crippen LogP contribution in [0, 0.1) is 11.3 Å². The average molecular weight is 148 g/mol. The highest BCUT2D eigenvalue weighted by atomic mass is 16.5. The third-order valence-electron chi connectivity index (χ3n) is 1.33. The fourth-order valence-corrected chi connectivity index (χ4v) is 0.805. The molecule has 0 bridgehead atoms. The molecule has 0 saturated carbocycles. The van der Waals surface area contributed by atoms with Crippen molar-refractivity contribution in [2.24, 2.45) is 0 Å². The van der Waals surface area contributed by atoms with E-state index in [0.29, 0.717) is 12.2 Å². The minimum Gasteiger partial charge on any atom is -0.380 e. The summed E-state index contributed by atoms with van der Waals surface area (Å²) in [5, 5.41) is 8.60. The molecule has 0 fully saturated rings. The Morgan fingerprint density at radius 1 is 1.73 bits per heavy atom. The summed E-state index contributed by atoms with van der Waals surface area (Å²) >= 11 is 0. The van der Waals surface area contributed by atoms with E-state index in [1.807, 2.05) is 6.07 Å². The van der Waals surface area contributed by atoms with Crippen molar-refractivity contribution in [1.29, 1.82) is 5.26 Å². The molecule has 0 amide bonds. The van der Waals surface area contributed by atoms with Crippen molar-refractivity contribution in [3.8, 4) is 6.07 Å². The summed E-state index contributed by atoms with van der Waals surface area (Å²) in [6, 6.07) is 3.82. The van der Waals surface area contributed by atoms with Crippen LogP contribution in [-0.2, 0) is 11.3 Å². The fourth-order valence-electron chi connectivity index (χ4n) is 0.805. The van der Waals surface area contributed by atoms with Crippen LogP contribution in [0.5, 0.6) is 0 Å². The van der Waals surface area contributed by atoms with Gasteiger partial charge in [-0.1, -0.05) is 0 Å². The van der Waals surface area contributed by atoms with Crippen molar-refractivity contribution in [3.05, 3.63) is 29.6 Å². The van der Waals surface area contributed by atoms with Gasteiger partial charge in [-0.2, -0.15) is 5.26 Å². The maximum Gasteiger partial charge on any atom is 0.101 e. The van der Waals surface area contributed by atoms with Gasteiger partial charge >= 0.3 is 0 Å². The zero-order valence-corrected chi connectivity index (χ0v) is 6.24. The summed E-state index contributed by atoms with van der Waals surface area (Å²) in [6.45, 7) is 0.464. The van der Waals surface area contributed by atoms with Crippen LogP contribution in [0.15, 0.2) is 18.5 Å². The molecule has 0 spiro atoms. The van der Waals surface area contributed by atoms with E-state index in [2.05, 4.69) is 4.98 Å². The number of methoxy groups -OCH3 is 1. The summed E-state index contributed by atoms with van der Waals surface area (Å²) in [5.74, 6) is 0. The van der Waals surface area contributed by atoms with Gasteiger partial charge in [0.2, 0.25) is 0 Å². The predicted octanol–water partition coefficient (Wildman–Crippen LogP) is 1.10. The molecule has 0 aliphatic carbocycles. The van der Waals surface area contributed by atoms with Crippen molar-refractivity contribution in [3.63, 3.8) is 0 Å². The van der Waals surface area contributed by atoms with Gasteiger partial charge in [0.25, 0.3) is 0 Å². The van der Waals surface area contributed by atoms with Crippen molar-refractivity contribution < 1.29 is 4.74 Å². The Kier molecular flexibility index (Phi) is 2.59. The van der Waals surface area contributed by atoms with Crippen LogP contribution >= 0.6 is 0 Å². The molecule has 1 heterocycles. The van der Waals surface area contributed by atoms with E-state index >= 15 is 0 Å². The predicted molar refractivity (Wildman–Crippen MR) is 39.7 cm³/mol. The summed E-state index contributed by atoms with van der Waals surface area (Å²) in [5.41, 5.74) is 1.46. The van der Waals surface area contributed by atoms with Gasteiger partial charge in [-0.05, 0) is 11.6 Å². The van der Waals surface area contributed by atoms with Crippen molar-refractivity contribution in [2.75, 3.05) is 7.11 Å². The SMILES string of the molecule is COCc1ccncc1C#N. The number of rotatable bonds is 2. The lowest BCUT2D eigenvalue weighted by Crippen LogP contribution is -1.92. The van der Waals surface area contributed by atoms with E-state index in [0.717, 1.165) is 5.56 Å². The molecule has 0 saturated heterocycles. The maximum atomic E-state index is 8.60. The zero-order chi connectivity index (χ0) is 8.10. The molecule has 1 rings (SSSR count). The average Bonchev–Trinajstić information content (AvgIpc) is 2.06. The Balaban J connectivity index is 2.95. The Hall–Kier alpha value is -1.40. The molecule has 0 aromatic carbocycles. The lowest BCUT2D eigenvalue weighted by atomic mass is 10.2. The Morgan fingerprint density at radius 3 is 3.18 bits per heavy atom. The third-order valence-corrected chi connectivity index (χ3v) is 1.33. The van der Waals surface area contributed by atoms with E-state index in [1.54, 1.807) is 19.4 Å². The zero-order valence-electron chi connectivity index (χ0n) is 6.24. The van der Waals surface area contributed by atoms with Crippen LogP contribution in [-0.4, -0.2) is 12.1 Å². The van der Waals surface area contributed by atoms with Gasteiger partial charge in [-0.3, -0.25) is 4.98 Å². The number of ether oxygens (including phenoxy) is 1. The molecule has 0 unspecified atom stereocenters. The summed E-state index contributed by atoms with van der Waals surface area (Å²) in [7, 11) is 1.60. The minimum atomic E-state index is 0.464. The first kappa shape index (κ1) is 7.70. The van der Waals surface area contributed by atoms with Crippen molar-refractivity contribution in [2.45, 2.75) is 6.61 Å². The second kappa shape index (κ2) is 3.69. The van der Waals surface area contributed by atoms with Gasteiger partial charge in [0.05, 0.1) is 12.2 Å². The van der Waals surface area contributed by atoms with Crippen molar-refractivity contribution >= 4 is 0 Å². The highest BCUT2D eigenvalue weighted by Gasteiger charge is 1.98. The van der Waals surface area contributed by atoms with Gasteiger partial charge in [0.15, 0.2) is 0 Å². The largest absolute Gasteiger partial charge is 0.380 e. The quantitative estimate of drug-likeness (QED) is 0.630. The summed E-state index contributed by atoms with van der Waals surface area (Å²) < 4.78 is 4.89. The monoisotopic (exact) mass is 148 g/mol. The molecule has 0 aliphatic rings. The van der Waals surface area contributed by atoms with E-state index in [1.165, 1.54) is 6.20 Å². The van der Waals surface area contributed by atoms with E-state index < -0.39 is 0 Å². The van der Waals surface area contributed by atoms with E-state index in [-0.39, 0.29) is 0 Å². The van der Waals surface area contributed by atoms with Crippen LogP contribution in [0.3, 0.4) is 0 Å². The first-order valence-corrected chi connectivity index (χ1v) is 3.20. The molecule has 1 aromatic rings. The minimum absolute atomic E-state index is 0.464. The standard InChI is InChI=1S/C8H8N2O/c1-11-6-7-2-3-10-5-8(7)4-9/h2-3,5H,6H2,1H3. The number of nitrogens with zero attached hydrogens (tertiary/aromatic N) is 2. The highest BCUT2D eigenvalue weighted by Crippen LogP contribution is 2.05. The maximum absolute atomic E-state index is 8.60. The van der Waals surface area contributed by atoms with Crippen LogP contribution in [0.25, 0.3) is 0 Å². The molecular formula is C8H8N2O. The molecule has 0 N–H and O–H groups in total. The molecule has 11 heavy (non-hydrogen) atoms.